The predicted octanol–water partition coefficient (Wildman–Crippen LogP) is 4.39. The number of ketones is 2. The van der Waals surface area contributed by atoms with Crippen molar-refractivity contribution >= 4 is 51.8 Å². The van der Waals surface area contributed by atoms with Gasteiger partial charge in [-0.2, -0.15) is 0 Å². The quantitative estimate of drug-likeness (QED) is 0.0483. The number of hydrogen-bond acceptors (Lipinski definition) is 15. The molecule has 4 amide bonds. The number of fused-ring (bicyclic) bond motifs is 2. The molecule has 1 saturated carbocycles. The summed E-state index contributed by atoms with van der Waals surface area (Å²) in [5.41, 5.74) is 3.72. The van der Waals surface area contributed by atoms with Crippen LogP contribution < -0.4 is 15.4 Å². The average molecular weight is 883 g/mol. The van der Waals surface area contributed by atoms with Gasteiger partial charge in [0.25, 0.3) is 11.8 Å². The molecule has 1 aliphatic carbocycles. The monoisotopic (exact) mass is 882 g/mol. The van der Waals surface area contributed by atoms with E-state index in [9.17, 15) is 33.2 Å². The first kappa shape index (κ1) is 45.9. The molecule has 2 unspecified atom stereocenters. The average Bonchev–Trinajstić information content (AvgIpc) is 4.08. The second-order valence-corrected chi connectivity index (χ2v) is 15.7. The van der Waals surface area contributed by atoms with Gasteiger partial charge in [0.1, 0.15) is 24.6 Å². The summed E-state index contributed by atoms with van der Waals surface area (Å²) in [5, 5.41) is 6.55. The van der Waals surface area contributed by atoms with Crippen molar-refractivity contribution < 1.29 is 56.8 Å². The molecule has 2 fully saturated rings. The number of hydrogen-bond donors (Lipinski definition) is 2. The number of imide groups is 2. The van der Waals surface area contributed by atoms with Crippen molar-refractivity contribution in [3.05, 3.63) is 89.1 Å². The number of halogens is 1. The molecule has 2 atom stereocenters. The number of aromatic nitrogens is 3. The molecule has 4 aromatic rings. The summed E-state index contributed by atoms with van der Waals surface area (Å²) < 4.78 is 42.2. The second kappa shape index (κ2) is 22.5. The summed E-state index contributed by atoms with van der Waals surface area (Å²) in [6, 6.07) is 11.4. The van der Waals surface area contributed by atoms with Crippen LogP contribution >= 0.6 is 0 Å². The van der Waals surface area contributed by atoms with Crippen molar-refractivity contribution in [1.82, 2.24) is 25.2 Å². The van der Waals surface area contributed by atoms with E-state index in [1.54, 1.807) is 18.6 Å². The van der Waals surface area contributed by atoms with Crippen LogP contribution in [-0.4, -0.2) is 133 Å². The minimum Gasteiger partial charge on any atom is -0.485 e. The predicted molar refractivity (Wildman–Crippen MR) is 228 cm³/mol. The summed E-state index contributed by atoms with van der Waals surface area (Å²) in [7, 11) is 0. The molecule has 0 bridgehead atoms. The third-order valence-corrected chi connectivity index (χ3v) is 10.8. The molecule has 3 aliphatic rings. The SMILES string of the molecule is O=C(CCCOCCOCCOCCOCC(F)CCC(=O)c1cnc(Cc2ccc3cnccc3n2)cc1NC1CC1)COc1cccc2c1C(=O)N(C1CCC(=O)NC1=O)C2=O. The fourth-order valence-electron chi connectivity index (χ4n) is 7.26. The fourth-order valence-corrected chi connectivity index (χ4v) is 7.26. The summed E-state index contributed by atoms with van der Waals surface area (Å²) in [6.07, 6.45) is 7.01. The van der Waals surface area contributed by atoms with Crippen LogP contribution in [0.5, 0.6) is 5.75 Å². The first-order chi connectivity index (χ1) is 31.1. The summed E-state index contributed by atoms with van der Waals surface area (Å²) in [4.78, 5) is 89.9. The Balaban J connectivity index is 0.690. The molecule has 2 aliphatic heterocycles. The Kier molecular flexibility index (Phi) is 16.2. The Labute approximate surface area is 368 Å². The van der Waals surface area contributed by atoms with Crippen LogP contribution in [0, 0.1) is 0 Å². The zero-order chi connectivity index (χ0) is 44.8. The van der Waals surface area contributed by atoms with Gasteiger partial charge >= 0.3 is 0 Å². The lowest BCUT2D eigenvalue weighted by Crippen LogP contribution is -2.54. The molecule has 5 heterocycles. The third-order valence-electron chi connectivity index (χ3n) is 10.8. The highest BCUT2D eigenvalue weighted by molar-refractivity contribution is 6.24. The van der Waals surface area contributed by atoms with E-state index in [2.05, 4.69) is 20.6 Å². The number of carbonyl (C=O) groups excluding carboxylic acids is 6. The van der Waals surface area contributed by atoms with Crippen LogP contribution in [-0.2, 0) is 39.8 Å². The van der Waals surface area contributed by atoms with Gasteiger partial charge in [0.2, 0.25) is 11.8 Å². The smallest absolute Gasteiger partial charge is 0.266 e. The van der Waals surface area contributed by atoms with E-state index in [0.717, 1.165) is 45.7 Å². The number of rotatable bonds is 27. The van der Waals surface area contributed by atoms with Gasteiger partial charge in [-0.05, 0) is 68.5 Å². The molecule has 64 heavy (non-hydrogen) atoms. The van der Waals surface area contributed by atoms with Crippen LogP contribution in [0.25, 0.3) is 10.9 Å². The molecule has 7 rings (SSSR count). The van der Waals surface area contributed by atoms with Gasteiger partial charge in [-0.3, -0.25) is 53.9 Å². The highest BCUT2D eigenvalue weighted by Gasteiger charge is 2.46. The maximum Gasteiger partial charge on any atom is 0.266 e. The Morgan fingerprint density at radius 3 is 2.39 bits per heavy atom. The normalized spacial score (nSPS) is 16.5. The highest BCUT2D eigenvalue weighted by atomic mass is 19.1. The van der Waals surface area contributed by atoms with E-state index < -0.39 is 35.8 Å². The number of pyridine rings is 3. The number of nitrogens with zero attached hydrogens (tertiary/aromatic N) is 4. The molecule has 2 N–H and O–H groups in total. The molecule has 0 radical (unpaired) electrons. The molecule has 18 heteroatoms. The van der Waals surface area contributed by atoms with Gasteiger partial charge in [0.15, 0.2) is 11.6 Å². The molecule has 1 saturated heterocycles. The van der Waals surface area contributed by atoms with Crippen molar-refractivity contribution in [2.24, 2.45) is 0 Å². The Morgan fingerprint density at radius 2 is 1.62 bits per heavy atom. The summed E-state index contributed by atoms with van der Waals surface area (Å²) >= 11 is 0. The zero-order valence-electron chi connectivity index (χ0n) is 35.4. The highest BCUT2D eigenvalue weighted by Crippen LogP contribution is 2.34. The Morgan fingerprint density at radius 1 is 0.859 bits per heavy atom. The molecule has 17 nitrogen and oxygen atoms in total. The first-order valence-corrected chi connectivity index (χ1v) is 21.6. The topological polar surface area (TPSA) is 215 Å². The summed E-state index contributed by atoms with van der Waals surface area (Å²) in [5.74, 6) is -2.89. The van der Waals surface area contributed by atoms with Gasteiger partial charge in [0, 0.05) is 79.4 Å². The van der Waals surface area contributed by atoms with Gasteiger partial charge in [-0.15, -0.1) is 0 Å². The largest absolute Gasteiger partial charge is 0.485 e. The lowest BCUT2D eigenvalue weighted by Gasteiger charge is -2.27. The summed E-state index contributed by atoms with van der Waals surface area (Å²) in [6.45, 7) is 1.56. The number of amides is 4. The van der Waals surface area contributed by atoms with Crippen molar-refractivity contribution in [2.45, 2.75) is 76.0 Å². The molecular formula is C46H51FN6O11. The first-order valence-electron chi connectivity index (χ1n) is 21.6. The van der Waals surface area contributed by atoms with Crippen LogP contribution in [0.1, 0.15) is 93.8 Å². The number of nitrogens with one attached hydrogen (secondary N) is 2. The number of carbonyl (C=O) groups is 6. The molecule has 338 valence electrons. The van der Waals surface area contributed by atoms with Gasteiger partial charge in [-0.25, -0.2) is 4.39 Å². The Bertz CT molecular complexity index is 2340. The number of Topliss-reactive ketones (excluding diaryl/α,β-unsaturated/α-hetero) is 2. The molecule has 1 aromatic carbocycles. The Hall–Kier alpha value is -6.08. The van der Waals surface area contributed by atoms with E-state index in [-0.39, 0.29) is 87.0 Å². The van der Waals surface area contributed by atoms with E-state index in [4.69, 9.17) is 28.7 Å². The molecule has 3 aromatic heterocycles. The number of benzene rings is 1. The number of alkyl halides is 1. The van der Waals surface area contributed by atoms with E-state index >= 15 is 0 Å². The number of piperidine rings is 1. The van der Waals surface area contributed by atoms with Crippen LogP contribution in [0.2, 0.25) is 0 Å². The van der Waals surface area contributed by atoms with Gasteiger partial charge in [-0.1, -0.05) is 6.07 Å². The van der Waals surface area contributed by atoms with Crippen LogP contribution in [0.4, 0.5) is 10.1 Å². The fraction of sp³-hybridized carbons (Fsp3) is 0.457. The lowest BCUT2D eigenvalue weighted by atomic mass is 10.0. The minimum atomic E-state index is -1.31. The number of anilines is 1. The van der Waals surface area contributed by atoms with E-state index in [1.165, 1.54) is 18.2 Å². The van der Waals surface area contributed by atoms with Gasteiger partial charge in [0.05, 0.1) is 68.5 Å². The molecular weight excluding hydrogens is 832 g/mol. The van der Waals surface area contributed by atoms with Crippen molar-refractivity contribution in [3.8, 4) is 5.75 Å². The maximum absolute atomic E-state index is 14.7. The standard InChI is InChI=1S/C46H51FN6O11/c47-30(7-12-40(55)36-26-49-33(24-38(36)50-31-9-10-31)23-32-8-6-29-25-48-15-14-37(29)51-32)27-63-22-21-62-20-19-61-18-17-60-16-2-3-34(54)28-64-41-5-1-4-35-43(41)46(59)53(45(35)58)39-11-13-42(56)52-44(39)57/h1,4-6,8,14-15,24-26,30-31,39H,2-3,7,9-13,16-23,27-28H2,(H,49,50)(H,52,56,57). The van der Waals surface area contributed by atoms with Gasteiger partial charge < -0.3 is 29.0 Å². The number of ether oxygens (including phenoxy) is 5. The lowest BCUT2D eigenvalue weighted by molar-refractivity contribution is -0.136. The minimum absolute atomic E-state index is 0.00669. The van der Waals surface area contributed by atoms with Crippen LogP contribution in [0.15, 0.2) is 61.1 Å². The van der Waals surface area contributed by atoms with Crippen molar-refractivity contribution in [1.29, 1.82) is 0 Å². The molecule has 0 spiro atoms. The third kappa shape index (κ3) is 12.6. The van der Waals surface area contributed by atoms with Crippen molar-refractivity contribution in [3.63, 3.8) is 0 Å². The zero-order valence-corrected chi connectivity index (χ0v) is 35.4. The van der Waals surface area contributed by atoms with Crippen molar-refractivity contribution in [2.75, 3.05) is 64.8 Å². The van der Waals surface area contributed by atoms with Crippen LogP contribution in [0.3, 0.4) is 0 Å². The second-order valence-electron chi connectivity index (χ2n) is 15.7. The van der Waals surface area contributed by atoms with E-state index in [1.807, 2.05) is 24.3 Å². The van der Waals surface area contributed by atoms with E-state index in [0.29, 0.717) is 57.5 Å². The maximum atomic E-state index is 14.7.